The standard InChI is InChI=1S/C20H26N2O4S/c1-14-8-9-15(2)19(16(14)3)26-20(23)18-12-17(13-21(18)4)27(24,25)22-10-6-5-7-11-22/h8-9,12-13H,5-7,10-11H2,1-4H3. The number of aromatic nitrogens is 1. The van der Waals surface area contributed by atoms with Crippen LogP contribution in [0, 0.1) is 20.8 Å². The summed E-state index contributed by atoms with van der Waals surface area (Å²) in [5.41, 5.74) is 3.01. The van der Waals surface area contributed by atoms with Gasteiger partial charge in [0.2, 0.25) is 10.0 Å². The zero-order valence-corrected chi connectivity index (χ0v) is 17.1. The number of aryl methyl sites for hydroxylation is 3. The maximum absolute atomic E-state index is 12.8. The van der Waals surface area contributed by atoms with E-state index < -0.39 is 16.0 Å². The molecule has 0 saturated carbocycles. The molecule has 1 fully saturated rings. The molecule has 0 amide bonds. The number of hydrogen-bond acceptors (Lipinski definition) is 4. The topological polar surface area (TPSA) is 68.6 Å². The molecule has 27 heavy (non-hydrogen) atoms. The highest BCUT2D eigenvalue weighted by atomic mass is 32.2. The minimum atomic E-state index is -3.59. The van der Waals surface area contributed by atoms with Crippen LogP contribution in [-0.4, -0.2) is 36.3 Å². The van der Waals surface area contributed by atoms with Gasteiger partial charge >= 0.3 is 5.97 Å². The van der Waals surface area contributed by atoms with Crippen molar-refractivity contribution < 1.29 is 17.9 Å². The van der Waals surface area contributed by atoms with E-state index in [4.69, 9.17) is 4.74 Å². The lowest BCUT2D eigenvalue weighted by molar-refractivity contribution is 0.0722. The van der Waals surface area contributed by atoms with E-state index in [1.54, 1.807) is 7.05 Å². The number of carbonyl (C=O) groups is 1. The molecule has 0 aliphatic carbocycles. The van der Waals surface area contributed by atoms with E-state index in [0.717, 1.165) is 36.0 Å². The van der Waals surface area contributed by atoms with Crippen LogP contribution in [0.5, 0.6) is 5.75 Å². The Labute approximate surface area is 160 Å². The van der Waals surface area contributed by atoms with Crippen molar-refractivity contribution in [1.29, 1.82) is 0 Å². The first-order valence-corrected chi connectivity index (χ1v) is 10.6. The Balaban J connectivity index is 1.88. The lowest BCUT2D eigenvalue weighted by Crippen LogP contribution is -2.35. The van der Waals surface area contributed by atoms with E-state index in [0.29, 0.717) is 18.8 Å². The smallest absolute Gasteiger partial charge is 0.360 e. The van der Waals surface area contributed by atoms with Gasteiger partial charge in [-0.15, -0.1) is 0 Å². The molecule has 0 radical (unpaired) electrons. The fraction of sp³-hybridized carbons (Fsp3) is 0.450. The molecule has 3 rings (SSSR count). The molecular weight excluding hydrogens is 364 g/mol. The maximum atomic E-state index is 12.8. The summed E-state index contributed by atoms with van der Waals surface area (Å²) in [7, 11) is -1.93. The predicted molar refractivity (Wildman–Crippen MR) is 104 cm³/mol. The Bertz CT molecular complexity index is 970. The zero-order chi connectivity index (χ0) is 19.8. The molecule has 0 unspecified atom stereocenters. The second-order valence-corrected chi connectivity index (χ2v) is 9.12. The van der Waals surface area contributed by atoms with Gasteiger partial charge in [0.1, 0.15) is 16.3 Å². The first-order valence-electron chi connectivity index (χ1n) is 9.17. The molecule has 7 heteroatoms. The van der Waals surface area contributed by atoms with E-state index in [1.807, 2.05) is 32.9 Å². The fourth-order valence-corrected chi connectivity index (χ4v) is 4.95. The number of esters is 1. The summed E-state index contributed by atoms with van der Waals surface area (Å²) in [6.07, 6.45) is 4.27. The van der Waals surface area contributed by atoms with Crippen molar-refractivity contribution in [2.75, 3.05) is 13.1 Å². The summed E-state index contributed by atoms with van der Waals surface area (Å²) in [5, 5.41) is 0. The van der Waals surface area contributed by atoms with Crippen molar-refractivity contribution in [1.82, 2.24) is 8.87 Å². The van der Waals surface area contributed by atoms with Gasteiger partial charge in [0.05, 0.1) is 0 Å². The molecule has 146 valence electrons. The van der Waals surface area contributed by atoms with Crippen LogP contribution in [-0.2, 0) is 17.1 Å². The molecular formula is C20H26N2O4S. The summed E-state index contributed by atoms with van der Waals surface area (Å²) in [4.78, 5) is 12.9. The molecule has 1 aliphatic rings. The molecule has 0 bridgehead atoms. The molecule has 2 aromatic rings. The summed E-state index contributed by atoms with van der Waals surface area (Å²) in [6.45, 7) is 6.80. The van der Waals surface area contributed by atoms with E-state index in [9.17, 15) is 13.2 Å². The van der Waals surface area contributed by atoms with E-state index >= 15 is 0 Å². The van der Waals surface area contributed by atoms with Gasteiger partial charge in [0.15, 0.2) is 0 Å². The van der Waals surface area contributed by atoms with Crippen molar-refractivity contribution >= 4 is 16.0 Å². The number of sulfonamides is 1. The third-order valence-corrected chi connectivity index (χ3v) is 7.07. The maximum Gasteiger partial charge on any atom is 0.360 e. The fourth-order valence-electron chi connectivity index (χ4n) is 3.36. The summed E-state index contributed by atoms with van der Waals surface area (Å²) >= 11 is 0. The average Bonchev–Trinajstić information content (AvgIpc) is 3.05. The van der Waals surface area contributed by atoms with Gasteiger partial charge in [0.25, 0.3) is 0 Å². The van der Waals surface area contributed by atoms with Crippen molar-refractivity contribution in [2.24, 2.45) is 7.05 Å². The highest BCUT2D eigenvalue weighted by Gasteiger charge is 2.29. The zero-order valence-electron chi connectivity index (χ0n) is 16.3. The highest BCUT2D eigenvalue weighted by Crippen LogP contribution is 2.28. The Kier molecular flexibility index (Phi) is 5.44. The van der Waals surface area contributed by atoms with Crippen LogP contribution in [0.15, 0.2) is 29.3 Å². The second-order valence-electron chi connectivity index (χ2n) is 7.18. The van der Waals surface area contributed by atoms with Crippen LogP contribution in [0.25, 0.3) is 0 Å². The quantitative estimate of drug-likeness (QED) is 0.593. The van der Waals surface area contributed by atoms with Crippen LogP contribution < -0.4 is 4.74 Å². The Morgan fingerprint density at radius 3 is 2.33 bits per heavy atom. The molecule has 1 saturated heterocycles. The van der Waals surface area contributed by atoms with Crippen molar-refractivity contribution in [2.45, 2.75) is 44.9 Å². The Morgan fingerprint density at radius 2 is 1.67 bits per heavy atom. The number of rotatable bonds is 4. The van der Waals surface area contributed by atoms with E-state index in [1.165, 1.54) is 21.1 Å². The van der Waals surface area contributed by atoms with Gasteiger partial charge in [-0.1, -0.05) is 18.6 Å². The minimum absolute atomic E-state index is 0.136. The molecule has 0 atom stereocenters. The average molecular weight is 391 g/mol. The predicted octanol–water partition coefficient (Wildman–Crippen LogP) is 3.34. The molecule has 0 spiro atoms. The lowest BCUT2D eigenvalue weighted by Gasteiger charge is -2.25. The largest absolute Gasteiger partial charge is 0.421 e. The minimum Gasteiger partial charge on any atom is -0.421 e. The number of benzene rings is 1. The lowest BCUT2D eigenvalue weighted by atomic mass is 10.1. The number of carbonyl (C=O) groups excluding carboxylic acids is 1. The Hall–Kier alpha value is -2.12. The highest BCUT2D eigenvalue weighted by molar-refractivity contribution is 7.89. The number of ether oxygens (including phenoxy) is 1. The third kappa shape index (κ3) is 3.80. The van der Waals surface area contributed by atoms with Gasteiger partial charge in [0, 0.05) is 26.3 Å². The van der Waals surface area contributed by atoms with Crippen LogP contribution in [0.1, 0.15) is 46.4 Å². The van der Waals surface area contributed by atoms with Crippen LogP contribution in [0.3, 0.4) is 0 Å². The van der Waals surface area contributed by atoms with Crippen LogP contribution in [0.4, 0.5) is 0 Å². The number of nitrogens with zero attached hydrogens (tertiary/aromatic N) is 2. The SMILES string of the molecule is Cc1ccc(C)c(OC(=O)c2cc(S(=O)(=O)N3CCCCC3)cn2C)c1C. The van der Waals surface area contributed by atoms with Crippen LogP contribution >= 0.6 is 0 Å². The molecule has 1 aromatic heterocycles. The first-order chi connectivity index (χ1) is 12.7. The van der Waals surface area contributed by atoms with E-state index in [-0.39, 0.29) is 10.6 Å². The molecule has 1 aliphatic heterocycles. The molecule has 2 heterocycles. The third-order valence-electron chi connectivity index (χ3n) is 5.21. The Morgan fingerprint density at radius 1 is 1.04 bits per heavy atom. The molecule has 1 aromatic carbocycles. The monoisotopic (exact) mass is 390 g/mol. The summed E-state index contributed by atoms with van der Waals surface area (Å²) in [6, 6.07) is 5.29. The van der Waals surface area contributed by atoms with E-state index in [2.05, 4.69) is 0 Å². The molecule has 0 N–H and O–H groups in total. The normalized spacial score (nSPS) is 15.7. The van der Waals surface area contributed by atoms with Crippen molar-refractivity contribution in [3.05, 3.63) is 46.8 Å². The van der Waals surface area contributed by atoms with Gasteiger partial charge in [-0.25, -0.2) is 13.2 Å². The number of hydrogen-bond donors (Lipinski definition) is 0. The van der Waals surface area contributed by atoms with Gasteiger partial charge < -0.3 is 9.30 Å². The number of piperidine rings is 1. The second kappa shape index (κ2) is 7.48. The van der Waals surface area contributed by atoms with Crippen molar-refractivity contribution in [3.63, 3.8) is 0 Å². The van der Waals surface area contributed by atoms with Gasteiger partial charge in [-0.3, -0.25) is 0 Å². The summed E-state index contributed by atoms with van der Waals surface area (Å²) in [5.74, 6) is -0.0315. The van der Waals surface area contributed by atoms with Crippen LogP contribution in [0.2, 0.25) is 0 Å². The molecule has 6 nitrogen and oxygen atoms in total. The van der Waals surface area contributed by atoms with Gasteiger partial charge in [-0.05, 0) is 56.4 Å². The summed E-state index contributed by atoms with van der Waals surface area (Å²) < 4.78 is 34.3. The van der Waals surface area contributed by atoms with Gasteiger partial charge in [-0.2, -0.15) is 4.31 Å². The van der Waals surface area contributed by atoms with Crippen molar-refractivity contribution in [3.8, 4) is 5.75 Å². The first kappa shape index (κ1) is 19.6.